The van der Waals surface area contributed by atoms with Gasteiger partial charge in [0.2, 0.25) is 0 Å². The van der Waals surface area contributed by atoms with Gasteiger partial charge in [-0.2, -0.15) is 0 Å². The van der Waals surface area contributed by atoms with Gasteiger partial charge in [0.15, 0.2) is 5.92 Å². The number of carbonyl (C=O) groups is 4. The minimum Gasteiger partial charge on any atom is -0.464 e. The molecule has 0 aliphatic heterocycles. The Kier molecular flexibility index (Phi) is 10.2. The molecular weight excluding hydrogens is 490 g/mol. The number of esters is 3. The van der Waals surface area contributed by atoms with Crippen molar-refractivity contribution in [1.82, 2.24) is 5.32 Å². The van der Waals surface area contributed by atoms with Crippen LogP contribution >= 0.6 is 0 Å². The van der Waals surface area contributed by atoms with Crippen LogP contribution < -0.4 is 5.32 Å². The predicted molar refractivity (Wildman–Crippen MR) is 141 cm³/mol. The van der Waals surface area contributed by atoms with Gasteiger partial charge >= 0.3 is 24.0 Å². The van der Waals surface area contributed by atoms with Gasteiger partial charge in [-0.1, -0.05) is 54.6 Å². The van der Waals surface area contributed by atoms with E-state index in [1.807, 2.05) is 18.2 Å². The Morgan fingerprint density at radius 1 is 0.816 bits per heavy atom. The quantitative estimate of drug-likeness (QED) is 0.224. The highest BCUT2D eigenvalue weighted by Crippen LogP contribution is 2.25. The molecule has 0 saturated carbocycles. The number of methoxy groups -OCH3 is 1. The molecule has 0 fully saturated rings. The molecule has 0 unspecified atom stereocenters. The van der Waals surface area contributed by atoms with Crippen molar-refractivity contribution < 1.29 is 38.1 Å². The summed E-state index contributed by atoms with van der Waals surface area (Å²) >= 11 is 0. The zero-order valence-corrected chi connectivity index (χ0v) is 22.8. The van der Waals surface area contributed by atoms with Gasteiger partial charge in [-0.25, -0.2) is 9.59 Å². The molecule has 0 aromatic heterocycles. The molecule has 0 aliphatic rings. The number of amides is 1. The Balaban J connectivity index is 2.26. The Bertz CT molecular complexity index is 1130. The Morgan fingerprint density at radius 2 is 1.34 bits per heavy atom. The highest BCUT2D eigenvalue weighted by Gasteiger charge is 2.36. The minimum atomic E-state index is -1.31. The molecule has 9 heteroatoms. The molecule has 0 aliphatic carbocycles. The van der Waals surface area contributed by atoms with E-state index >= 15 is 0 Å². The van der Waals surface area contributed by atoms with E-state index in [0.717, 1.165) is 5.56 Å². The lowest BCUT2D eigenvalue weighted by molar-refractivity contribution is -0.169. The Morgan fingerprint density at radius 3 is 1.82 bits per heavy atom. The van der Waals surface area contributed by atoms with Crippen molar-refractivity contribution in [2.24, 2.45) is 0 Å². The monoisotopic (exact) mass is 525 g/mol. The summed E-state index contributed by atoms with van der Waals surface area (Å²) in [6, 6.07) is 15.3. The van der Waals surface area contributed by atoms with E-state index in [-0.39, 0.29) is 12.3 Å². The third-order valence-corrected chi connectivity index (χ3v) is 4.72. The first-order valence-corrected chi connectivity index (χ1v) is 12.0. The lowest BCUT2D eigenvalue weighted by Crippen LogP contribution is -2.35. The second-order valence-corrected chi connectivity index (χ2v) is 10.4. The fraction of sp³-hybridized carbons (Fsp3) is 0.379. The van der Waals surface area contributed by atoms with Crippen LogP contribution in [0.3, 0.4) is 0 Å². The summed E-state index contributed by atoms with van der Waals surface area (Å²) in [7, 11) is 1.18. The third-order valence-electron chi connectivity index (χ3n) is 4.72. The van der Waals surface area contributed by atoms with Crippen LogP contribution in [0, 0.1) is 0 Å². The number of carbonyl (C=O) groups excluding carboxylic acids is 4. The topological polar surface area (TPSA) is 117 Å². The SMILES string of the molecule is COC(=O)/C(=C/c1ccc(C(C(=O)OC(C)(C)C)C(=O)OC(C)(C)C)cc1)NC(=O)OCc1ccccc1. The number of nitrogens with one attached hydrogen (secondary N) is 1. The van der Waals surface area contributed by atoms with Crippen LogP contribution in [0.25, 0.3) is 6.08 Å². The van der Waals surface area contributed by atoms with Crippen LogP contribution in [0.2, 0.25) is 0 Å². The molecule has 38 heavy (non-hydrogen) atoms. The average Bonchev–Trinajstić information content (AvgIpc) is 2.81. The molecule has 0 atom stereocenters. The van der Waals surface area contributed by atoms with Crippen molar-refractivity contribution >= 4 is 30.1 Å². The molecule has 2 rings (SSSR count). The first-order chi connectivity index (χ1) is 17.7. The smallest absolute Gasteiger partial charge is 0.412 e. The lowest BCUT2D eigenvalue weighted by Gasteiger charge is -2.26. The summed E-state index contributed by atoms with van der Waals surface area (Å²) in [5.74, 6) is -3.58. The van der Waals surface area contributed by atoms with Crippen molar-refractivity contribution in [2.75, 3.05) is 7.11 Å². The summed E-state index contributed by atoms with van der Waals surface area (Å²) in [4.78, 5) is 50.3. The highest BCUT2D eigenvalue weighted by molar-refractivity contribution is 6.01. The average molecular weight is 526 g/mol. The molecule has 9 nitrogen and oxygen atoms in total. The molecule has 0 spiro atoms. The number of alkyl carbamates (subject to hydrolysis) is 1. The third kappa shape index (κ3) is 10.1. The zero-order chi connectivity index (χ0) is 28.5. The number of hydrogen-bond donors (Lipinski definition) is 1. The van der Waals surface area contributed by atoms with E-state index in [1.165, 1.54) is 13.2 Å². The van der Waals surface area contributed by atoms with Gasteiger partial charge < -0.3 is 18.9 Å². The Hall–Kier alpha value is -4.14. The summed E-state index contributed by atoms with van der Waals surface area (Å²) < 4.78 is 20.8. The molecule has 0 radical (unpaired) electrons. The zero-order valence-electron chi connectivity index (χ0n) is 22.8. The number of rotatable bonds is 8. The van der Waals surface area contributed by atoms with E-state index in [9.17, 15) is 19.2 Å². The molecule has 0 saturated heterocycles. The summed E-state index contributed by atoms with van der Waals surface area (Å²) in [6.45, 7) is 10.3. The minimum absolute atomic E-state index is 0.0204. The van der Waals surface area contributed by atoms with Gasteiger partial charge in [0.25, 0.3) is 0 Å². The largest absolute Gasteiger partial charge is 0.464 e. The van der Waals surface area contributed by atoms with Crippen LogP contribution in [0.1, 0.15) is 64.2 Å². The summed E-state index contributed by atoms with van der Waals surface area (Å²) in [5.41, 5.74) is -0.155. The van der Waals surface area contributed by atoms with E-state index < -0.39 is 41.1 Å². The first kappa shape index (κ1) is 30.1. The maximum absolute atomic E-state index is 12.9. The molecule has 204 valence electrons. The fourth-order valence-electron chi connectivity index (χ4n) is 3.17. The fourth-order valence-corrected chi connectivity index (χ4v) is 3.17. The van der Waals surface area contributed by atoms with Crippen molar-refractivity contribution in [3.8, 4) is 0 Å². The van der Waals surface area contributed by atoms with Crippen LogP contribution in [0.15, 0.2) is 60.3 Å². The van der Waals surface area contributed by atoms with Gasteiger partial charge in [0.1, 0.15) is 23.5 Å². The molecular formula is C29H35NO8. The molecule has 1 amide bonds. The number of hydrogen-bond acceptors (Lipinski definition) is 8. The molecule has 1 N–H and O–H groups in total. The maximum Gasteiger partial charge on any atom is 0.412 e. The van der Waals surface area contributed by atoms with Crippen LogP contribution in [0.5, 0.6) is 0 Å². The van der Waals surface area contributed by atoms with Crippen LogP contribution in [0.4, 0.5) is 4.79 Å². The van der Waals surface area contributed by atoms with E-state index in [0.29, 0.717) is 11.1 Å². The van der Waals surface area contributed by atoms with Gasteiger partial charge in [-0.15, -0.1) is 0 Å². The second-order valence-electron chi connectivity index (χ2n) is 10.4. The second kappa shape index (κ2) is 12.9. The predicted octanol–water partition coefficient (Wildman–Crippen LogP) is 4.89. The van der Waals surface area contributed by atoms with Crippen molar-refractivity contribution in [1.29, 1.82) is 0 Å². The van der Waals surface area contributed by atoms with Gasteiger partial charge in [-0.3, -0.25) is 14.9 Å². The van der Waals surface area contributed by atoms with Gasteiger partial charge in [0, 0.05) is 0 Å². The standard InChI is InChI=1S/C29H35NO8/c1-28(2,3)37-25(32)23(26(33)38-29(4,5)6)21-15-13-19(14-16-21)17-22(24(31)35-7)30-27(34)36-18-20-11-9-8-10-12-20/h8-17,23H,18H2,1-7H3,(H,30,34)/b22-17-. The van der Waals surface area contributed by atoms with E-state index in [4.69, 9.17) is 18.9 Å². The summed E-state index contributed by atoms with van der Waals surface area (Å²) in [6.07, 6.45) is 0.548. The number of ether oxygens (including phenoxy) is 4. The molecule has 2 aromatic rings. The van der Waals surface area contributed by atoms with E-state index in [1.54, 1.807) is 77.9 Å². The van der Waals surface area contributed by atoms with E-state index in [2.05, 4.69) is 5.32 Å². The lowest BCUT2D eigenvalue weighted by atomic mass is 9.97. The first-order valence-electron chi connectivity index (χ1n) is 12.0. The van der Waals surface area contributed by atoms with Crippen LogP contribution in [-0.2, 0) is 39.9 Å². The molecule has 2 aromatic carbocycles. The number of benzene rings is 2. The maximum atomic E-state index is 12.9. The Labute approximate surface area is 223 Å². The van der Waals surface area contributed by atoms with Crippen molar-refractivity contribution in [3.63, 3.8) is 0 Å². The van der Waals surface area contributed by atoms with Crippen molar-refractivity contribution in [2.45, 2.75) is 65.3 Å². The normalized spacial score (nSPS) is 11.9. The van der Waals surface area contributed by atoms with Crippen LogP contribution in [-0.4, -0.2) is 42.3 Å². The molecule has 0 heterocycles. The van der Waals surface area contributed by atoms with Gasteiger partial charge in [-0.05, 0) is 64.3 Å². The van der Waals surface area contributed by atoms with Crippen molar-refractivity contribution in [3.05, 3.63) is 77.0 Å². The van der Waals surface area contributed by atoms with Gasteiger partial charge in [0.05, 0.1) is 7.11 Å². The highest BCUT2D eigenvalue weighted by atomic mass is 16.6. The molecule has 0 bridgehead atoms. The summed E-state index contributed by atoms with van der Waals surface area (Å²) in [5, 5.41) is 2.39.